The molecule has 0 bridgehead atoms. The molecule has 0 radical (unpaired) electrons. The standard InChI is InChI=1S/C14H24N4O2S/c1-3-4-7-15-14-6-5-13(12-16-14)21(19,20)18-10-8-17(2)9-11-18/h5-6,12H,3-4,7-11H2,1-2H3,(H,15,16). The molecule has 0 saturated carbocycles. The second-order valence-corrected chi connectivity index (χ2v) is 7.30. The van der Waals surface area contributed by atoms with E-state index in [-0.39, 0.29) is 4.90 Å². The zero-order valence-corrected chi connectivity index (χ0v) is 13.6. The summed E-state index contributed by atoms with van der Waals surface area (Å²) in [6.45, 7) is 5.59. The molecule has 6 nitrogen and oxygen atoms in total. The Morgan fingerprint density at radius 3 is 2.52 bits per heavy atom. The minimum Gasteiger partial charge on any atom is -0.370 e. The Morgan fingerprint density at radius 1 is 1.24 bits per heavy atom. The molecular formula is C14H24N4O2S. The van der Waals surface area contributed by atoms with Crippen LogP contribution >= 0.6 is 0 Å². The monoisotopic (exact) mass is 312 g/mol. The topological polar surface area (TPSA) is 65.5 Å². The summed E-state index contributed by atoms with van der Waals surface area (Å²) in [7, 11) is -1.41. The molecule has 1 aromatic heterocycles. The number of anilines is 1. The van der Waals surface area contributed by atoms with E-state index >= 15 is 0 Å². The van der Waals surface area contributed by atoms with E-state index in [1.165, 1.54) is 10.5 Å². The quantitative estimate of drug-likeness (QED) is 0.800. The zero-order chi connectivity index (χ0) is 15.3. The molecule has 0 aromatic carbocycles. The summed E-state index contributed by atoms with van der Waals surface area (Å²) in [5.74, 6) is 0.723. The van der Waals surface area contributed by atoms with Crippen molar-refractivity contribution in [3.63, 3.8) is 0 Å². The molecule has 1 saturated heterocycles. The molecule has 0 amide bonds. The van der Waals surface area contributed by atoms with Gasteiger partial charge in [0.25, 0.3) is 0 Å². The lowest BCUT2D eigenvalue weighted by molar-refractivity contribution is 0.222. The first-order chi connectivity index (χ1) is 10.0. The summed E-state index contributed by atoms with van der Waals surface area (Å²) in [6.07, 6.45) is 3.63. The molecule has 0 atom stereocenters. The molecule has 118 valence electrons. The number of likely N-dealkylation sites (N-methyl/N-ethyl adjacent to an activating group) is 1. The van der Waals surface area contributed by atoms with Crippen molar-refractivity contribution < 1.29 is 8.42 Å². The van der Waals surface area contributed by atoms with Gasteiger partial charge in [-0.15, -0.1) is 0 Å². The molecule has 1 N–H and O–H groups in total. The Bertz CT molecular complexity index is 537. The van der Waals surface area contributed by atoms with E-state index in [1.54, 1.807) is 12.1 Å². The summed E-state index contributed by atoms with van der Waals surface area (Å²) in [5, 5.41) is 3.18. The number of sulfonamides is 1. The maximum absolute atomic E-state index is 12.5. The van der Waals surface area contributed by atoms with Gasteiger partial charge >= 0.3 is 0 Å². The van der Waals surface area contributed by atoms with Crippen LogP contribution in [-0.4, -0.2) is 62.4 Å². The Hall–Kier alpha value is -1.18. The van der Waals surface area contributed by atoms with Crippen LogP contribution < -0.4 is 5.32 Å². The number of nitrogens with zero attached hydrogens (tertiary/aromatic N) is 3. The normalized spacial score (nSPS) is 17.8. The lowest BCUT2D eigenvalue weighted by atomic mass is 10.3. The van der Waals surface area contributed by atoms with Crippen molar-refractivity contribution in [3.05, 3.63) is 18.3 Å². The second kappa shape index (κ2) is 7.20. The van der Waals surface area contributed by atoms with Gasteiger partial charge in [-0.25, -0.2) is 13.4 Å². The van der Waals surface area contributed by atoms with E-state index in [2.05, 4.69) is 22.1 Å². The van der Waals surface area contributed by atoms with E-state index in [9.17, 15) is 8.42 Å². The number of pyridine rings is 1. The summed E-state index contributed by atoms with van der Waals surface area (Å²) in [5.41, 5.74) is 0. The fraction of sp³-hybridized carbons (Fsp3) is 0.643. The number of aromatic nitrogens is 1. The van der Waals surface area contributed by atoms with Crippen LogP contribution in [0.1, 0.15) is 19.8 Å². The van der Waals surface area contributed by atoms with Crippen molar-refractivity contribution in [2.45, 2.75) is 24.7 Å². The number of piperazine rings is 1. The maximum atomic E-state index is 12.5. The van der Waals surface area contributed by atoms with Gasteiger partial charge in [0.05, 0.1) is 0 Å². The Kier molecular flexibility index (Phi) is 5.55. The van der Waals surface area contributed by atoms with E-state index < -0.39 is 10.0 Å². The first-order valence-corrected chi connectivity index (χ1v) is 8.86. The third-order valence-electron chi connectivity index (χ3n) is 3.67. The van der Waals surface area contributed by atoms with Gasteiger partial charge in [-0.05, 0) is 25.6 Å². The van der Waals surface area contributed by atoms with Gasteiger partial charge < -0.3 is 10.2 Å². The van der Waals surface area contributed by atoms with Gasteiger partial charge in [0.2, 0.25) is 10.0 Å². The van der Waals surface area contributed by atoms with E-state index in [0.717, 1.165) is 38.3 Å². The van der Waals surface area contributed by atoms with Gasteiger partial charge in [-0.2, -0.15) is 4.31 Å². The molecule has 1 aromatic rings. The fourth-order valence-corrected chi connectivity index (χ4v) is 3.58. The number of nitrogens with one attached hydrogen (secondary N) is 1. The van der Waals surface area contributed by atoms with Gasteiger partial charge in [0, 0.05) is 38.9 Å². The summed E-state index contributed by atoms with van der Waals surface area (Å²) in [4.78, 5) is 6.60. The van der Waals surface area contributed by atoms with Crippen LogP contribution in [0, 0.1) is 0 Å². The average molecular weight is 312 g/mol. The minimum absolute atomic E-state index is 0.271. The molecule has 7 heteroatoms. The van der Waals surface area contributed by atoms with Crippen molar-refractivity contribution in [2.24, 2.45) is 0 Å². The minimum atomic E-state index is -3.41. The highest BCUT2D eigenvalue weighted by Gasteiger charge is 2.27. The second-order valence-electron chi connectivity index (χ2n) is 5.37. The molecule has 2 rings (SSSR count). The molecular weight excluding hydrogens is 288 g/mol. The predicted octanol–water partition coefficient (Wildman–Crippen LogP) is 1.23. The Balaban J connectivity index is 2.03. The number of hydrogen-bond donors (Lipinski definition) is 1. The molecule has 2 heterocycles. The summed E-state index contributed by atoms with van der Waals surface area (Å²) < 4.78 is 26.6. The van der Waals surface area contributed by atoms with Crippen LogP contribution in [0.3, 0.4) is 0 Å². The van der Waals surface area contributed by atoms with Gasteiger partial charge in [-0.3, -0.25) is 0 Å². The highest BCUT2D eigenvalue weighted by Crippen LogP contribution is 2.17. The van der Waals surface area contributed by atoms with Crippen molar-refractivity contribution in [2.75, 3.05) is 45.1 Å². The third kappa shape index (κ3) is 4.15. The van der Waals surface area contributed by atoms with Crippen molar-refractivity contribution in [1.29, 1.82) is 0 Å². The van der Waals surface area contributed by atoms with Crippen LogP contribution in [-0.2, 0) is 10.0 Å². The van der Waals surface area contributed by atoms with E-state index in [4.69, 9.17) is 0 Å². The third-order valence-corrected chi connectivity index (χ3v) is 5.56. The SMILES string of the molecule is CCCCNc1ccc(S(=O)(=O)N2CCN(C)CC2)cn1. The molecule has 1 fully saturated rings. The van der Waals surface area contributed by atoms with E-state index in [1.807, 2.05) is 7.05 Å². The van der Waals surface area contributed by atoms with Gasteiger partial charge in [0.1, 0.15) is 10.7 Å². The molecule has 21 heavy (non-hydrogen) atoms. The average Bonchev–Trinajstić information content (AvgIpc) is 2.48. The summed E-state index contributed by atoms with van der Waals surface area (Å²) in [6, 6.07) is 3.37. The van der Waals surface area contributed by atoms with Crippen LogP contribution in [0.25, 0.3) is 0 Å². The highest BCUT2D eigenvalue weighted by atomic mass is 32.2. The smallest absolute Gasteiger partial charge is 0.244 e. The van der Waals surface area contributed by atoms with Gasteiger partial charge in [-0.1, -0.05) is 13.3 Å². The Morgan fingerprint density at radius 2 is 1.95 bits per heavy atom. The first-order valence-electron chi connectivity index (χ1n) is 7.42. The lowest BCUT2D eigenvalue weighted by Gasteiger charge is -2.31. The van der Waals surface area contributed by atoms with Crippen LogP contribution in [0.2, 0.25) is 0 Å². The molecule has 1 aliphatic rings. The van der Waals surface area contributed by atoms with Crippen LogP contribution in [0.4, 0.5) is 5.82 Å². The number of hydrogen-bond acceptors (Lipinski definition) is 5. The van der Waals surface area contributed by atoms with Crippen molar-refractivity contribution >= 4 is 15.8 Å². The zero-order valence-electron chi connectivity index (χ0n) is 12.7. The van der Waals surface area contributed by atoms with Gasteiger partial charge in [0.15, 0.2) is 0 Å². The van der Waals surface area contributed by atoms with Crippen molar-refractivity contribution in [3.8, 4) is 0 Å². The number of rotatable bonds is 6. The van der Waals surface area contributed by atoms with Crippen LogP contribution in [0.15, 0.2) is 23.2 Å². The lowest BCUT2D eigenvalue weighted by Crippen LogP contribution is -2.47. The number of unbranched alkanes of at least 4 members (excludes halogenated alkanes) is 1. The molecule has 0 unspecified atom stereocenters. The Labute approximate surface area is 127 Å². The fourth-order valence-electron chi connectivity index (χ4n) is 2.21. The van der Waals surface area contributed by atoms with E-state index in [0.29, 0.717) is 13.1 Å². The molecule has 0 aliphatic carbocycles. The largest absolute Gasteiger partial charge is 0.370 e. The van der Waals surface area contributed by atoms with Crippen molar-refractivity contribution in [1.82, 2.24) is 14.2 Å². The predicted molar refractivity (Wildman–Crippen MR) is 83.9 cm³/mol. The molecule has 0 spiro atoms. The first kappa shape index (κ1) is 16.2. The maximum Gasteiger partial charge on any atom is 0.244 e. The highest BCUT2D eigenvalue weighted by molar-refractivity contribution is 7.89. The summed E-state index contributed by atoms with van der Waals surface area (Å²) >= 11 is 0. The van der Waals surface area contributed by atoms with Crippen LogP contribution in [0.5, 0.6) is 0 Å². The molecule has 1 aliphatic heterocycles.